The Bertz CT molecular complexity index is 1210. The maximum Gasteiger partial charge on any atom is 0.244 e. The Labute approximate surface area is 212 Å². The van der Waals surface area contributed by atoms with Crippen LogP contribution in [0.25, 0.3) is 0 Å². The number of fused-ring (bicyclic) bond motifs is 3. The molecule has 0 saturated carbocycles. The van der Waals surface area contributed by atoms with E-state index in [9.17, 15) is 14.4 Å². The van der Waals surface area contributed by atoms with Crippen molar-refractivity contribution in [3.8, 4) is 0 Å². The standard InChI is InChI=1S/C28H35N5O3/c1-17-7-10-21(15-30-17)33(26(36)27(2,3)4)16-23(34)31-20-9-8-18-13-28(14-19(18)12-20)22-6-5-11-29-24(22)32-25(28)35/h5-6,8-9,11-12,17,21,30H,7,10,13-16H2,1-4H3,(H,31,34)(H,29,32,35)/t17-,21?,28-/m1/s1. The number of anilines is 2. The van der Waals surface area contributed by atoms with Crippen LogP contribution >= 0.6 is 0 Å². The van der Waals surface area contributed by atoms with Gasteiger partial charge in [0, 0.05) is 41.5 Å². The molecule has 1 saturated heterocycles. The molecule has 2 aliphatic heterocycles. The average molecular weight is 490 g/mol. The molecule has 36 heavy (non-hydrogen) atoms. The van der Waals surface area contributed by atoms with Gasteiger partial charge in [-0.3, -0.25) is 14.4 Å². The molecule has 1 aliphatic carbocycles. The van der Waals surface area contributed by atoms with Crippen molar-refractivity contribution in [1.82, 2.24) is 15.2 Å². The lowest BCUT2D eigenvalue weighted by molar-refractivity contribution is -0.144. The SMILES string of the molecule is C[C@@H]1CCC(N(CC(=O)Nc2ccc3c(c2)C[C@@]2(C3)C(=O)Nc3ncccc32)C(=O)C(C)(C)C)CN1. The molecule has 2 aromatic rings. The Morgan fingerprint density at radius 3 is 2.67 bits per heavy atom. The van der Waals surface area contributed by atoms with Crippen molar-refractivity contribution in [2.45, 2.75) is 70.9 Å². The topological polar surface area (TPSA) is 103 Å². The van der Waals surface area contributed by atoms with Gasteiger partial charge >= 0.3 is 0 Å². The van der Waals surface area contributed by atoms with Crippen molar-refractivity contribution in [3.63, 3.8) is 0 Å². The van der Waals surface area contributed by atoms with Gasteiger partial charge in [-0.2, -0.15) is 0 Å². The molecule has 8 heteroatoms. The first-order valence-electron chi connectivity index (χ1n) is 12.8. The maximum atomic E-state index is 13.2. The maximum absolute atomic E-state index is 13.2. The van der Waals surface area contributed by atoms with Crippen LogP contribution in [0.4, 0.5) is 11.5 Å². The van der Waals surface area contributed by atoms with Crippen molar-refractivity contribution in [3.05, 3.63) is 53.2 Å². The number of nitrogens with zero attached hydrogens (tertiary/aromatic N) is 2. The molecule has 3 N–H and O–H groups in total. The van der Waals surface area contributed by atoms with Crippen LogP contribution in [-0.2, 0) is 32.6 Å². The summed E-state index contributed by atoms with van der Waals surface area (Å²) >= 11 is 0. The summed E-state index contributed by atoms with van der Waals surface area (Å²) < 4.78 is 0. The minimum atomic E-state index is -0.643. The number of aromatic nitrogens is 1. The summed E-state index contributed by atoms with van der Waals surface area (Å²) in [5.41, 5.74) is 2.55. The molecular formula is C28H35N5O3. The lowest BCUT2D eigenvalue weighted by atomic mass is 9.79. The molecule has 1 unspecified atom stereocenters. The number of hydrogen-bond acceptors (Lipinski definition) is 5. The normalized spacial score (nSPS) is 24.7. The van der Waals surface area contributed by atoms with Crippen LogP contribution in [-0.4, -0.2) is 52.8 Å². The van der Waals surface area contributed by atoms with Crippen molar-refractivity contribution < 1.29 is 14.4 Å². The Hall–Kier alpha value is -3.26. The predicted molar refractivity (Wildman–Crippen MR) is 139 cm³/mol. The van der Waals surface area contributed by atoms with Crippen LogP contribution in [0.3, 0.4) is 0 Å². The summed E-state index contributed by atoms with van der Waals surface area (Å²) in [5, 5.41) is 9.37. The van der Waals surface area contributed by atoms with Gasteiger partial charge in [0.2, 0.25) is 17.7 Å². The third kappa shape index (κ3) is 4.39. The largest absolute Gasteiger partial charge is 0.329 e. The van der Waals surface area contributed by atoms with Gasteiger partial charge in [-0.05, 0) is 61.9 Å². The summed E-state index contributed by atoms with van der Waals surface area (Å²) in [4.78, 5) is 45.4. The van der Waals surface area contributed by atoms with Crippen LogP contribution in [0.2, 0.25) is 0 Å². The minimum absolute atomic E-state index is 0.00638. The molecule has 1 aromatic heterocycles. The number of pyridine rings is 1. The summed E-state index contributed by atoms with van der Waals surface area (Å²) in [5.74, 6) is 0.380. The smallest absolute Gasteiger partial charge is 0.244 e. The number of piperidine rings is 1. The monoisotopic (exact) mass is 489 g/mol. The molecule has 0 bridgehead atoms. The van der Waals surface area contributed by atoms with E-state index in [0.29, 0.717) is 36.9 Å². The Kier molecular flexibility index (Phi) is 6.11. The molecule has 1 aromatic carbocycles. The Morgan fingerprint density at radius 2 is 1.94 bits per heavy atom. The van der Waals surface area contributed by atoms with Gasteiger partial charge in [0.15, 0.2) is 0 Å². The molecule has 3 aliphatic rings. The summed E-state index contributed by atoms with van der Waals surface area (Å²) in [6.45, 7) is 8.52. The van der Waals surface area contributed by atoms with E-state index in [2.05, 4.69) is 27.9 Å². The number of nitrogens with one attached hydrogen (secondary N) is 3. The molecule has 1 spiro atoms. The Balaban J connectivity index is 1.31. The number of carbonyl (C=O) groups excluding carboxylic acids is 3. The molecule has 190 valence electrons. The minimum Gasteiger partial charge on any atom is -0.329 e. The molecule has 1 fully saturated rings. The highest BCUT2D eigenvalue weighted by molar-refractivity contribution is 6.06. The zero-order valence-electron chi connectivity index (χ0n) is 21.5. The van der Waals surface area contributed by atoms with Gasteiger partial charge in [0.1, 0.15) is 12.4 Å². The summed E-state index contributed by atoms with van der Waals surface area (Å²) in [6, 6.07) is 10.1. The van der Waals surface area contributed by atoms with E-state index in [4.69, 9.17) is 0 Å². The van der Waals surface area contributed by atoms with E-state index in [0.717, 1.165) is 29.5 Å². The predicted octanol–water partition coefficient (Wildman–Crippen LogP) is 3.02. The first-order valence-corrected chi connectivity index (χ1v) is 12.8. The van der Waals surface area contributed by atoms with Gasteiger partial charge in [-0.25, -0.2) is 4.98 Å². The number of rotatable bonds is 4. The second-order valence-corrected chi connectivity index (χ2v) is 11.5. The lowest BCUT2D eigenvalue weighted by Gasteiger charge is -2.39. The van der Waals surface area contributed by atoms with Crippen LogP contribution < -0.4 is 16.0 Å². The molecule has 3 atom stereocenters. The van der Waals surface area contributed by atoms with Crippen LogP contribution in [0, 0.1) is 5.41 Å². The number of hydrogen-bond donors (Lipinski definition) is 3. The fraction of sp³-hybridized carbons (Fsp3) is 0.500. The quantitative estimate of drug-likeness (QED) is 0.613. The van der Waals surface area contributed by atoms with Crippen molar-refractivity contribution in [1.29, 1.82) is 0 Å². The van der Waals surface area contributed by atoms with Crippen LogP contribution in [0.5, 0.6) is 0 Å². The molecule has 5 rings (SSSR count). The zero-order valence-corrected chi connectivity index (χ0v) is 21.5. The average Bonchev–Trinajstić information content (AvgIpc) is 3.34. The van der Waals surface area contributed by atoms with Gasteiger partial charge in [-0.15, -0.1) is 0 Å². The molecule has 0 radical (unpaired) electrons. The van der Waals surface area contributed by atoms with Gasteiger partial charge < -0.3 is 20.9 Å². The molecule has 3 heterocycles. The fourth-order valence-electron chi connectivity index (χ4n) is 5.75. The second-order valence-electron chi connectivity index (χ2n) is 11.5. The zero-order chi connectivity index (χ0) is 25.7. The second kappa shape index (κ2) is 9.00. The Morgan fingerprint density at radius 1 is 1.17 bits per heavy atom. The number of benzene rings is 1. The summed E-state index contributed by atoms with van der Waals surface area (Å²) in [7, 11) is 0. The fourth-order valence-corrected chi connectivity index (χ4v) is 5.75. The van der Waals surface area contributed by atoms with Gasteiger partial charge in [0.05, 0.1) is 5.41 Å². The van der Waals surface area contributed by atoms with Crippen LogP contribution in [0.1, 0.15) is 57.2 Å². The number of amides is 3. The highest BCUT2D eigenvalue weighted by Gasteiger charge is 2.51. The van der Waals surface area contributed by atoms with E-state index in [1.54, 1.807) is 11.1 Å². The van der Waals surface area contributed by atoms with Crippen molar-refractivity contribution in [2.24, 2.45) is 5.41 Å². The van der Waals surface area contributed by atoms with Crippen molar-refractivity contribution >= 4 is 29.2 Å². The molecule has 3 amide bonds. The first-order chi connectivity index (χ1) is 17.1. The van der Waals surface area contributed by atoms with E-state index >= 15 is 0 Å². The van der Waals surface area contributed by atoms with E-state index in [1.165, 1.54) is 0 Å². The van der Waals surface area contributed by atoms with Gasteiger partial charge in [-0.1, -0.05) is 32.9 Å². The van der Waals surface area contributed by atoms with Gasteiger partial charge in [0.25, 0.3) is 0 Å². The van der Waals surface area contributed by atoms with E-state index in [1.807, 2.05) is 51.1 Å². The van der Waals surface area contributed by atoms with Crippen LogP contribution in [0.15, 0.2) is 36.5 Å². The summed E-state index contributed by atoms with van der Waals surface area (Å²) in [6.07, 6.45) is 4.71. The molecule has 8 nitrogen and oxygen atoms in total. The highest BCUT2D eigenvalue weighted by atomic mass is 16.2. The van der Waals surface area contributed by atoms with E-state index < -0.39 is 10.8 Å². The number of carbonyl (C=O) groups is 3. The molecular weight excluding hydrogens is 454 g/mol. The first kappa shape index (κ1) is 24.4. The highest BCUT2D eigenvalue weighted by Crippen LogP contribution is 2.46. The third-order valence-corrected chi connectivity index (χ3v) is 7.76. The third-order valence-electron chi connectivity index (χ3n) is 7.76. The van der Waals surface area contributed by atoms with E-state index in [-0.39, 0.29) is 30.3 Å². The van der Waals surface area contributed by atoms with Crippen molar-refractivity contribution in [2.75, 3.05) is 23.7 Å². The lowest BCUT2D eigenvalue weighted by Crippen LogP contribution is -2.55.